The van der Waals surface area contributed by atoms with Crippen LogP contribution in [-0.4, -0.2) is 11.7 Å². The molecule has 3 nitrogen and oxygen atoms in total. The average Bonchev–Trinajstić information content (AvgIpc) is 2.41. The highest BCUT2D eigenvalue weighted by molar-refractivity contribution is 9.10. The Morgan fingerprint density at radius 3 is 2.20 bits per heavy atom. The Morgan fingerprint density at radius 2 is 1.65 bits per heavy atom. The molecule has 0 aliphatic carbocycles. The Balaban J connectivity index is 2.11. The Morgan fingerprint density at radius 1 is 1.05 bits per heavy atom. The van der Waals surface area contributed by atoms with Gasteiger partial charge in [-0.25, -0.2) is 0 Å². The van der Waals surface area contributed by atoms with Crippen molar-refractivity contribution in [2.75, 3.05) is 6.61 Å². The highest BCUT2D eigenvalue weighted by Crippen LogP contribution is 2.30. The molecule has 0 fully saturated rings. The molecular weight excluding hydrogens is 320 g/mol. The lowest BCUT2D eigenvalue weighted by molar-refractivity contribution is 0.198. The van der Waals surface area contributed by atoms with Crippen molar-refractivity contribution in [2.45, 2.75) is 20.0 Å². The van der Waals surface area contributed by atoms with E-state index in [9.17, 15) is 5.11 Å². The normalized spacial score (nSPS) is 12.0. The molecule has 0 amide bonds. The fourth-order valence-corrected chi connectivity index (χ4v) is 2.51. The molecule has 0 bridgehead atoms. The molecule has 0 spiro atoms. The molecule has 0 saturated carbocycles. The van der Waals surface area contributed by atoms with Crippen LogP contribution in [0.2, 0.25) is 0 Å². The summed E-state index contributed by atoms with van der Waals surface area (Å²) in [6, 6.07) is 13.0. The minimum atomic E-state index is -0.510. The smallest absolute Gasteiger partial charge is 0.128 e. The van der Waals surface area contributed by atoms with Gasteiger partial charge in [0.15, 0.2) is 0 Å². The number of aliphatic hydroxyl groups excluding tert-OH is 1. The van der Waals surface area contributed by atoms with Gasteiger partial charge in [0.1, 0.15) is 17.2 Å². The number of hydrogen-bond acceptors (Lipinski definition) is 3. The van der Waals surface area contributed by atoms with Crippen LogP contribution in [0.4, 0.5) is 0 Å². The molecule has 2 aromatic rings. The van der Waals surface area contributed by atoms with Crippen LogP contribution in [0.15, 0.2) is 46.9 Å². The van der Waals surface area contributed by atoms with Crippen molar-refractivity contribution >= 4 is 15.9 Å². The summed E-state index contributed by atoms with van der Waals surface area (Å²) in [7, 11) is 0. The van der Waals surface area contributed by atoms with Gasteiger partial charge in [-0.1, -0.05) is 22.0 Å². The predicted octanol–water partition coefficient (Wildman–Crippen LogP) is 4.69. The first kappa shape index (κ1) is 14.9. The summed E-state index contributed by atoms with van der Waals surface area (Å²) in [4.78, 5) is 0. The Hall–Kier alpha value is -1.52. The van der Waals surface area contributed by atoms with Crippen molar-refractivity contribution in [3.8, 4) is 17.2 Å². The Bertz CT molecular complexity index is 564. The highest BCUT2D eigenvalue weighted by Gasteiger charge is 2.07. The topological polar surface area (TPSA) is 38.7 Å². The van der Waals surface area contributed by atoms with Gasteiger partial charge in [0.25, 0.3) is 0 Å². The first-order valence-corrected chi connectivity index (χ1v) is 7.27. The molecule has 0 aliphatic heterocycles. The number of halogens is 1. The third kappa shape index (κ3) is 3.74. The summed E-state index contributed by atoms with van der Waals surface area (Å²) in [5.74, 6) is 2.28. The molecule has 2 rings (SSSR count). The molecular formula is C16H17BrO3. The van der Waals surface area contributed by atoms with Gasteiger partial charge in [0, 0.05) is 4.47 Å². The van der Waals surface area contributed by atoms with Gasteiger partial charge < -0.3 is 14.6 Å². The van der Waals surface area contributed by atoms with Crippen LogP contribution < -0.4 is 9.47 Å². The van der Waals surface area contributed by atoms with E-state index in [1.54, 1.807) is 6.92 Å². The molecule has 0 heterocycles. The highest BCUT2D eigenvalue weighted by atomic mass is 79.9. The molecule has 0 aromatic heterocycles. The van der Waals surface area contributed by atoms with E-state index in [0.717, 1.165) is 21.5 Å². The molecule has 2 aromatic carbocycles. The number of rotatable bonds is 5. The molecule has 4 heteroatoms. The third-order valence-corrected chi connectivity index (χ3v) is 3.48. The van der Waals surface area contributed by atoms with Crippen molar-refractivity contribution in [3.63, 3.8) is 0 Å². The number of ether oxygens (including phenoxy) is 2. The lowest BCUT2D eigenvalue weighted by atomic mass is 10.1. The average molecular weight is 337 g/mol. The van der Waals surface area contributed by atoms with Crippen molar-refractivity contribution in [3.05, 3.63) is 52.5 Å². The zero-order valence-corrected chi connectivity index (χ0v) is 13.1. The quantitative estimate of drug-likeness (QED) is 0.860. The summed E-state index contributed by atoms with van der Waals surface area (Å²) in [5.41, 5.74) is 0.837. The molecule has 1 N–H and O–H groups in total. The fraction of sp³-hybridized carbons (Fsp3) is 0.250. The second-order valence-electron chi connectivity index (χ2n) is 4.37. The van der Waals surface area contributed by atoms with Crippen molar-refractivity contribution in [1.29, 1.82) is 0 Å². The summed E-state index contributed by atoms with van der Waals surface area (Å²) in [5, 5.41) is 9.58. The molecule has 20 heavy (non-hydrogen) atoms. The van der Waals surface area contributed by atoms with E-state index in [0.29, 0.717) is 12.4 Å². The maximum atomic E-state index is 9.58. The van der Waals surface area contributed by atoms with E-state index in [1.165, 1.54) is 0 Å². The molecule has 0 saturated heterocycles. The maximum absolute atomic E-state index is 9.58. The van der Waals surface area contributed by atoms with E-state index in [1.807, 2.05) is 49.4 Å². The summed E-state index contributed by atoms with van der Waals surface area (Å²) < 4.78 is 12.0. The van der Waals surface area contributed by atoms with Gasteiger partial charge in [0.05, 0.1) is 12.7 Å². The van der Waals surface area contributed by atoms with Crippen LogP contribution in [0.25, 0.3) is 0 Å². The summed E-state index contributed by atoms with van der Waals surface area (Å²) in [6.45, 7) is 4.33. The van der Waals surface area contributed by atoms with Crippen molar-refractivity contribution in [1.82, 2.24) is 0 Å². The fourth-order valence-electron chi connectivity index (χ4n) is 1.82. The number of aliphatic hydroxyl groups is 1. The standard InChI is InChI=1S/C16H17BrO3/c1-3-19-12-4-6-13(7-5-12)20-14-8-9-15(11(2)18)16(17)10-14/h4-11,18H,3H2,1-2H3/t11-/m1/s1. The van der Waals surface area contributed by atoms with Crippen molar-refractivity contribution < 1.29 is 14.6 Å². The van der Waals surface area contributed by atoms with E-state index < -0.39 is 6.10 Å². The molecule has 0 aliphatic rings. The van der Waals surface area contributed by atoms with Gasteiger partial charge >= 0.3 is 0 Å². The van der Waals surface area contributed by atoms with Crippen LogP contribution in [0, 0.1) is 0 Å². The minimum absolute atomic E-state index is 0.510. The second kappa shape index (κ2) is 6.77. The largest absolute Gasteiger partial charge is 0.494 e. The first-order chi connectivity index (χ1) is 9.60. The maximum Gasteiger partial charge on any atom is 0.128 e. The molecule has 106 valence electrons. The van der Waals surface area contributed by atoms with Crippen molar-refractivity contribution in [2.24, 2.45) is 0 Å². The predicted molar refractivity (Wildman–Crippen MR) is 82.5 cm³/mol. The van der Waals surface area contributed by atoms with Crippen LogP contribution in [-0.2, 0) is 0 Å². The monoisotopic (exact) mass is 336 g/mol. The van der Waals surface area contributed by atoms with E-state index in [2.05, 4.69) is 15.9 Å². The van der Waals surface area contributed by atoms with Gasteiger partial charge in [-0.2, -0.15) is 0 Å². The number of hydrogen-bond donors (Lipinski definition) is 1. The summed E-state index contributed by atoms with van der Waals surface area (Å²) >= 11 is 3.43. The van der Waals surface area contributed by atoms with E-state index >= 15 is 0 Å². The van der Waals surface area contributed by atoms with Crippen LogP contribution in [0.3, 0.4) is 0 Å². The molecule has 0 radical (unpaired) electrons. The lowest BCUT2D eigenvalue weighted by Crippen LogP contribution is -1.93. The van der Waals surface area contributed by atoms with Gasteiger partial charge in [0.2, 0.25) is 0 Å². The SMILES string of the molecule is CCOc1ccc(Oc2ccc([C@@H](C)O)c(Br)c2)cc1. The van der Waals surface area contributed by atoms with Crippen LogP contribution in [0.1, 0.15) is 25.5 Å². The Labute approximate surface area is 127 Å². The van der Waals surface area contributed by atoms with Crippen LogP contribution in [0.5, 0.6) is 17.2 Å². The lowest BCUT2D eigenvalue weighted by Gasteiger charge is -2.11. The Kier molecular flexibility index (Phi) is 5.04. The zero-order valence-electron chi connectivity index (χ0n) is 11.5. The van der Waals surface area contributed by atoms with Gasteiger partial charge in [-0.05, 0) is 55.8 Å². The second-order valence-corrected chi connectivity index (χ2v) is 5.22. The van der Waals surface area contributed by atoms with Crippen LogP contribution >= 0.6 is 15.9 Å². The molecule has 0 unspecified atom stereocenters. The summed E-state index contributed by atoms with van der Waals surface area (Å²) in [6.07, 6.45) is -0.510. The van der Waals surface area contributed by atoms with E-state index in [-0.39, 0.29) is 0 Å². The minimum Gasteiger partial charge on any atom is -0.494 e. The van der Waals surface area contributed by atoms with E-state index in [4.69, 9.17) is 9.47 Å². The first-order valence-electron chi connectivity index (χ1n) is 6.48. The van der Waals surface area contributed by atoms with Gasteiger partial charge in [-0.15, -0.1) is 0 Å². The number of benzene rings is 2. The zero-order chi connectivity index (χ0) is 14.5. The third-order valence-electron chi connectivity index (χ3n) is 2.79. The molecule has 1 atom stereocenters. The van der Waals surface area contributed by atoms with Gasteiger partial charge in [-0.3, -0.25) is 0 Å².